The van der Waals surface area contributed by atoms with Crippen LogP contribution >= 0.6 is 0 Å². The Balaban J connectivity index is 0.875. The summed E-state index contributed by atoms with van der Waals surface area (Å²) >= 11 is 0. The molecule has 17 nitrogen and oxygen atoms in total. The standard InChI is InChI=1S/C49H61N9O8/c1-55-40-29-31(19-22-37(40)58(49(55)66)39-24-26-42(60)53-47(39)64)13-7-3-2-4-12-18-43(61)56-28-27-34-20-23-38(57(34)48(65)35(50)30-56)46(63)52-36(21-25-41(51)59)45(62)54-44(32-14-8-5-9-15-32)33-16-10-6-11-17-33/h5-6,8-11,14-17,19,22,29,34-36,38-39,44H,2-4,7,12-13,18,20-21,23-28,30,50H2,1H3,(H2,51,59)(H,52,63)(H,54,62)(H,53,60,64)/t34-,35+,36+,38+,39?/m1/s1. The number of imide groups is 1. The molecule has 0 bridgehead atoms. The first-order chi connectivity index (χ1) is 31.8. The molecule has 4 heterocycles. The highest BCUT2D eigenvalue weighted by Crippen LogP contribution is 2.30. The van der Waals surface area contributed by atoms with Crippen LogP contribution in [0.5, 0.6) is 0 Å². The summed E-state index contributed by atoms with van der Waals surface area (Å²) in [5, 5.41) is 8.23. The highest BCUT2D eigenvalue weighted by molar-refractivity contribution is 6.00. The van der Waals surface area contributed by atoms with E-state index in [2.05, 4.69) is 16.0 Å². The third-order valence-corrected chi connectivity index (χ3v) is 13.3. The van der Waals surface area contributed by atoms with E-state index in [1.165, 1.54) is 9.47 Å². The minimum absolute atomic E-state index is 0.0306. The van der Waals surface area contributed by atoms with Crippen LogP contribution in [0, 0.1) is 0 Å². The highest BCUT2D eigenvalue weighted by atomic mass is 16.2. The Hall–Kier alpha value is -6.62. The lowest BCUT2D eigenvalue weighted by atomic mass is 9.98. The number of rotatable bonds is 18. The summed E-state index contributed by atoms with van der Waals surface area (Å²) in [5.41, 5.74) is 15.8. The van der Waals surface area contributed by atoms with Gasteiger partial charge in [0.05, 0.1) is 17.1 Å². The summed E-state index contributed by atoms with van der Waals surface area (Å²) in [6, 6.07) is 20.1. The SMILES string of the molecule is Cn1c(=O)n(C2CCC(=O)NC2=O)c2ccc(CCCCCCCC(=O)N3CC[C@H]4CC[C@@H](C(=O)N[C@@H](CCC(N)=O)C(=O)NC(c5ccccc5)c5ccccc5)N4C(=O)[C@@H](N)C3)cc21. The fourth-order valence-corrected chi connectivity index (χ4v) is 9.69. The molecule has 3 saturated heterocycles. The maximum atomic E-state index is 14.0. The summed E-state index contributed by atoms with van der Waals surface area (Å²) < 4.78 is 3.02. The van der Waals surface area contributed by atoms with E-state index in [-0.39, 0.29) is 55.8 Å². The van der Waals surface area contributed by atoms with Crippen molar-refractivity contribution in [1.29, 1.82) is 0 Å². The number of amides is 7. The monoisotopic (exact) mass is 903 g/mol. The minimum Gasteiger partial charge on any atom is -0.370 e. The number of benzene rings is 3. The molecular formula is C49H61N9O8. The first-order valence-electron chi connectivity index (χ1n) is 23.2. The van der Waals surface area contributed by atoms with Crippen molar-refractivity contribution < 1.29 is 33.6 Å². The van der Waals surface area contributed by atoms with Gasteiger partial charge >= 0.3 is 5.69 Å². The number of nitrogens with zero attached hydrogens (tertiary/aromatic N) is 4. The van der Waals surface area contributed by atoms with Crippen LogP contribution in [-0.2, 0) is 47.0 Å². The van der Waals surface area contributed by atoms with Gasteiger partial charge in [-0.2, -0.15) is 0 Å². The molecular weight excluding hydrogens is 843 g/mol. The van der Waals surface area contributed by atoms with E-state index >= 15 is 0 Å². The van der Waals surface area contributed by atoms with E-state index in [4.69, 9.17) is 11.5 Å². The summed E-state index contributed by atoms with van der Waals surface area (Å²) in [6.45, 7) is 0.429. The number of nitrogens with one attached hydrogen (secondary N) is 3. The number of aromatic nitrogens is 2. The summed E-state index contributed by atoms with van der Waals surface area (Å²) in [5.74, 6) is -2.89. The van der Waals surface area contributed by atoms with Gasteiger partial charge in [0, 0.05) is 45.4 Å². The molecule has 0 spiro atoms. The van der Waals surface area contributed by atoms with E-state index in [1.807, 2.05) is 78.9 Å². The van der Waals surface area contributed by atoms with Gasteiger partial charge in [0.1, 0.15) is 24.2 Å². The van der Waals surface area contributed by atoms with Crippen LogP contribution in [0.15, 0.2) is 83.7 Å². The molecule has 3 aliphatic heterocycles. The Labute approximate surface area is 383 Å². The summed E-state index contributed by atoms with van der Waals surface area (Å²) in [7, 11) is 1.68. The topological polar surface area (TPSA) is 241 Å². The quantitative estimate of drug-likeness (QED) is 0.0728. The molecule has 1 unspecified atom stereocenters. The second-order valence-electron chi connectivity index (χ2n) is 17.8. The molecule has 1 aromatic heterocycles. The third-order valence-electron chi connectivity index (χ3n) is 13.3. The van der Waals surface area contributed by atoms with E-state index in [0.29, 0.717) is 44.2 Å². The minimum atomic E-state index is -1.10. The number of fused-ring (bicyclic) bond motifs is 2. The summed E-state index contributed by atoms with van der Waals surface area (Å²) in [4.78, 5) is 108. The highest BCUT2D eigenvalue weighted by Gasteiger charge is 2.45. The van der Waals surface area contributed by atoms with E-state index in [1.54, 1.807) is 16.5 Å². The van der Waals surface area contributed by atoms with Gasteiger partial charge in [-0.05, 0) is 80.2 Å². The average Bonchev–Trinajstić information content (AvgIpc) is 3.84. The molecule has 7 amide bonds. The molecule has 0 aliphatic carbocycles. The molecule has 17 heteroatoms. The number of hydrogen-bond acceptors (Lipinski definition) is 9. The van der Waals surface area contributed by atoms with Crippen LogP contribution < -0.4 is 33.1 Å². The van der Waals surface area contributed by atoms with Crippen molar-refractivity contribution >= 4 is 52.4 Å². The Bertz CT molecular complexity index is 2450. The second kappa shape index (κ2) is 21.6. The zero-order valence-electron chi connectivity index (χ0n) is 37.5. The van der Waals surface area contributed by atoms with Crippen molar-refractivity contribution in [1.82, 2.24) is 34.9 Å². The predicted molar refractivity (Wildman–Crippen MR) is 246 cm³/mol. The van der Waals surface area contributed by atoms with E-state index in [9.17, 15) is 38.4 Å². The smallest absolute Gasteiger partial charge is 0.329 e. The molecule has 0 radical (unpaired) electrons. The van der Waals surface area contributed by atoms with Gasteiger partial charge in [0.25, 0.3) is 0 Å². The van der Waals surface area contributed by atoms with Crippen molar-refractivity contribution in [3.05, 3.63) is 106 Å². The number of carbonyl (C=O) groups is 7. The van der Waals surface area contributed by atoms with Crippen LogP contribution in [0.4, 0.5) is 0 Å². The molecule has 5 atom stereocenters. The molecule has 66 heavy (non-hydrogen) atoms. The zero-order chi connectivity index (χ0) is 46.9. The number of unbranched alkanes of at least 4 members (excludes halogenated alkanes) is 4. The molecule has 3 aliphatic rings. The molecule has 3 fully saturated rings. The Morgan fingerprint density at radius 3 is 2.15 bits per heavy atom. The number of imidazole rings is 1. The second-order valence-corrected chi connectivity index (χ2v) is 17.8. The average molecular weight is 904 g/mol. The van der Waals surface area contributed by atoms with Gasteiger partial charge in [0.15, 0.2) is 0 Å². The Morgan fingerprint density at radius 2 is 1.47 bits per heavy atom. The zero-order valence-corrected chi connectivity index (χ0v) is 37.5. The number of nitrogens with two attached hydrogens (primary N) is 2. The van der Waals surface area contributed by atoms with Crippen LogP contribution in [0.1, 0.15) is 112 Å². The molecule has 3 aromatic carbocycles. The van der Waals surface area contributed by atoms with Crippen LogP contribution in [0.25, 0.3) is 11.0 Å². The van der Waals surface area contributed by atoms with Crippen LogP contribution in [-0.4, -0.2) is 97.5 Å². The maximum Gasteiger partial charge on any atom is 0.329 e. The van der Waals surface area contributed by atoms with Crippen molar-refractivity contribution in [2.45, 2.75) is 126 Å². The normalized spacial score (nSPS) is 20.4. The number of aryl methyl sites for hydroxylation is 2. The van der Waals surface area contributed by atoms with Gasteiger partial charge in [-0.3, -0.25) is 48.0 Å². The largest absolute Gasteiger partial charge is 0.370 e. The first kappa shape index (κ1) is 47.3. The fourth-order valence-electron chi connectivity index (χ4n) is 9.69. The molecule has 7 N–H and O–H groups in total. The lowest BCUT2D eigenvalue weighted by molar-refractivity contribution is -0.145. The molecule has 4 aromatic rings. The van der Waals surface area contributed by atoms with Gasteiger partial charge in [-0.25, -0.2) is 4.79 Å². The van der Waals surface area contributed by atoms with Gasteiger partial charge in [-0.1, -0.05) is 86.0 Å². The number of carbonyl (C=O) groups excluding carboxylic acids is 7. The third kappa shape index (κ3) is 11.1. The van der Waals surface area contributed by atoms with Crippen molar-refractivity contribution in [2.75, 3.05) is 13.1 Å². The van der Waals surface area contributed by atoms with Crippen molar-refractivity contribution in [2.24, 2.45) is 18.5 Å². The van der Waals surface area contributed by atoms with Crippen LogP contribution in [0.3, 0.4) is 0 Å². The maximum absolute atomic E-state index is 14.0. The van der Waals surface area contributed by atoms with Crippen LogP contribution in [0.2, 0.25) is 0 Å². The Morgan fingerprint density at radius 1 is 0.788 bits per heavy atom. The van der Waals surface area contributed by atoms with Gasteiger partial charge in [-0.15, -0.1) is 0 Å². The molecule has 7 rings (SSSR count). The number of piperidine rings is 1. The first-order valence-corrected chi connectivity index (χ1v) is 23.2. The lowest BCUT2D eigenvalue weighted by Crippen LogP contribution is -2.60. The predicted octanol–water partition coefficient (Wildman–Crippen LogP) is 2.78. The number of primary amides is 1. The molecule has 0 saturated carbocycles. The van der Waals surface area contributed by atoms with Crippen molar-refractivity contribution in [3.63, 3.8) is 0 Å². The van der Waals surface area contributed by atoms with Crippen molar-refractivity contribution in [3.8, 4) is 0 Å². The van der Waals surface area contributed by atoms with Gasteiger partial charge < -0.3 is 31.9 Å². The Kier molecular flexibility index (Phi) is 15.5. The lowest BCUT2D eigenvalue weighted by Gasteiger charge is -2.37. The van der Waals surface area contributed by atoms with E-state index in [0.717, 1.165) is 54.3 Å². The summed E-state index contributed by atoms with van der Waals surface area (Å²) in [6.07, 6.45) is 7.17. The van der Waals surface area contributed by atoms with Gasteiger partial charge in [0.2, 0.25) is 41.4 Å². The number of hydrogen-bond donors (Lipinski definition) is 5. The van der Waals surface area contributed by atoms with E-state index < -0.39 is 59.7 Å². The fraction of sp³-hybridized carbons (Fsp3) is 0.469. The molecule has 350 valence electrons.